The van der Waals surface area contributed by atoms with Crippen molar-refractivity contribution < 1.29 is 9.53 Å². The molecule has 0 bridgehead atoms. The third kappa shape index (κ3) is 3.67. The first-order valence-electron chi connectivity index (χ1n) is 9.28. The molecule has 2 aromatic carbocycles. The quantitative estimate of drug-likeness (QED) is 0.581. The third-order valence-corrected chi connectivity index (χ3v) is 6.02. The van der Waals surface area contributed by atoms with E-state index in [0.717, 1.165) is 29.7 Å². The van der Waals surface area contributed by atoms with Gasteiger partial charge in [-0.3, -0.25) is 4.90 Å². The lowest BCUT2D eigenvalue weighted by molar-refractivity contribution is 0.0454. The van der Waals surface area contributed by atoms with Crippen molar-refractivity contribution in [3.05, 3.63) is 59.5 Å². The number of ether oxygens (including phenoxy) is 1. The van der Waals surface area contributed by atoms with Crippen molar-refractivity contribution in [3.63, 3.8) is 0 Å². The maximum absolute atomic E-state index is 12.6. The topological polar surface area (TPSA) is 29.5 Å². The molecule has 134 valence electrons. The molecule has 1 aromatic heterocycles. The Bertz CT molecular complexity index is 882. The van der Waals surface area contributed by atoms with Crippen LogP contribution in [0.15, 0.2) is 53.9 Å². The van der Waals surface area contributed by atoms with Gasteiger partial charge in [-0.1, -0.05) is 48.9 Å². The van der Waals surface area contributed by atoms with Crippen molar-refractivity contribution in [2.24, 2.45) is 0 Å². The van der Waals surface area contributed by atoms with Gasteiger partial charge in [-0.2, -0.15) is 0 Å². The average molecular weight is 365 g/mol. The molecule has 0 atom stereocenters. The molecule has 1 aliphatic heterocycles. The third-order valence-electron chi connectivity index (χ3n) is 4.99. The molecule has 0 amide bonds. The molecule has 0 aliphatic carbocycles. The summed E-state index contributed by atoms with van der Waals surface area (Å²) >= 11 is 1.61. The molecule has 4 rings (SSSR count). The van der Waals surface area contributed by atoms with E-state index in [9.17, 15) is 4.79 Å². The lowest BCUT2D eigenvalue weighted by atomic mass is 10.0. The maximum atomic E-state index is 12.6. The van der Waals surface area contributed by atoms with Crippen molar-refractivity contribution in [2.75, 3.05) is 26.2 Å². The van der Waals surface area contributed by atoms with E-state index < -0.39 is 0 Å². The number of nitrogens with zero attached hydrogens (tertiary/aromatic N) is 1. The largest absolute Gasteiger partial charge is 0.461 e. The summed E-state index contributed by atoms with van der Waals surface area (Å²) in [5.41, 5.74) is 3.02. The highest BCUT2D eigenvalue weighted by Crippen LogP contribution is 2.36. The summed E-state index contributed by atoms with van der Waals surface area (Å²) in [5.74, 6) is -0.214. The number of carbonyl (C=O) groups is 1. The van der Waals surface area contributed by atoms with Gasteiger partial charge < -0.3 is 4.74 Å². The Kier molecular flexibility index (Phi) is 5.32. The summed E-state index contributed by atoms with van der Waals surface area (Å²) in [6.45, 7) is 3.55. The van der Waals surface area contributed by atoms with Gasteiger partial charge in [-0.05, 0) is 42.9 Å². The first-order chi connectivity index (χ1) is 12.8. The van der Waals surface area contributed by atoms with E-state index in [1.54, 1.807) is 11.3 Å². The molecule has 3 aromatic rings. The molecule has 3 nitrogen and oxygen atoms in total. The van der Waals surface area contributed by atoms with Crippen LogP contribution in [0.4, 0.5) is 0 Å². The molecule has 0 N–H and O–H groups in total. The zero-order valence-electron chi connectivity index (χ0n) is 14.8. The molecular formula is C22H23NO2S. The van der Waals surface area contributed by atoms with Gasteiger partial charge in [0.1, 0.15) is 6.61 Å². The smallest absolute Gasteiger partial charge is 0.339 e. The highest BCUT2D eigenvalue weighted by atomic mass is 32.1. The Morgan fingerprint density at radius 1 is 1.00 bits per heavy atom. The summed E-state index contributed by atoms with van der Waals surface area (Å²) in [7, 11) is 0. The molecule has 1 aliphatic rings. The Morgan fingerprint density at radius 3 is 2.62 bits per heavy atom. The molecule has 4 heteroatoms. The molecule has 0 saturated carbocycles. The number of fused-ring (bicyclic) bond motifs is 1. The second kappa shape index (κ2) is 8.02. The average Bonchev–Trinajstić information content (AvgIpc) is 3.13. The van der Waals surface area contributed by atoms with E-state index in [1.165, 1.54) is 30.4 Å². The van der Waals surface area contributed by atoms with Crippen molar-refractivity contribution >= 4 is 27.4 Å². The first kappa shape index (κ1) is 17.3. The van der Waals surface area contributed by atoms with E-state index in [1.807, 2.05) is 30.3 Å². The summed E-state index contributed by atoms with van der Waals surface area (Å²) in [6, 6.07) is 16.2. The van der Waals surface area contributed by atoms with Crippen LogP contribution < -0.4 is 0 Å². The predicted octanol–water partition coefficient (Wildman–Crippen LogP) is 5.21. The fraction of sp³-hybridized carbons (Fsp3) is 0.318. The van der Waals surface area contributed by atoms with Gasteiger partial charge in [-0.15, -0.1) is 11.3 Å². The highest BCUT2D eigenvalue weighted by Gasteiger charge is 2.16. The molecule has 26 heavy (non-hydrogen) atoms. The van der Waals surface area contributed by atoms with Crippen LogP contribution >= 0.6 is 11.3 Å². The summed E-state index contributed by atoms with van der Waals surface area (Å²) in [5, 5.41) is 3.25. The second-order valence-electron chi connectivity index (χ2n) is 6.74. The first-order valence-corrected chi connectivity index (χ1v) is 10.2. The van der Waals surface area contributed by atoms with Gasteiger partial charge in [-0.25, -0.2) is 4.79 Å². The van der Waals surface area contributed by atoms with Crippen LogP contribution in [0, 0.1) is 0 Å². The van der Waals surface area contributed by atoms with Crippen molar-refractivity contribution in [1.29, 1.82) is 0 Å². The predicted molar refractivity (Wildman–Crippen MR) is 108 cm³/mol. The zero-order valence-corrected chi connectivity index (χ0v) is 15.6. The molecule has 1 saturated heterocycles. The minimum absolute atomic E-state index is 0.214. The number of likely N-dealkylation sites (tertiary alicyclic amines) is 1. The number of esters is 1. The second-order valence-corrected chi connectivity index (χ2v) is 7.62. The monoisotopic (exact) mass is 365 g/mol. The molecule has 1 fully saturated rings. The normalized spacial score (nSPS) is 15.2. The van der Waals surface area contributed by atoms with Crippen molar-refractivity contribution in [1.82, 2.24) is 4.90 Å². The number of benzene rings is 2. The molecule has 2 heterocycles. The van der Waals surface area contributed by atoms with E-state index in [0.29, 0.717) is 12.2 Å². The highest BCUT2D eigenvalue weighted by molar-refractivity contribution is 7.18. The van der Waals surface area contributed by atoms with Crippen molar-refractivity contribution in [3.8, 4) is 11.1 Å². The number of rotatable bonds is 5. The summed E-state index contributed by atoms with van der Waals surface area (Å²) in [6.07, 6.45) is 3.83. The van der Waals surface area contributed by atoms with Gasteiger partial charge in [0.25, 0.3) is 0 Å². The lowest BCUT2D eigenvalue weighted by Gasteiger charge is -2.25. The molecule has 0 spiro atoms. The molecule has 0 radical (unpaired) electrons. The fourth-order valence-corrected chi connectivity index (χ4v) is 4.67. The van der Waals surface area contributed by atoms with Crippen LogP contribution in [-0.2, 0) is 4.74 Å². The number of hydrogen-bond donors (Lipinski definition) is 0. The van der Waals surface area contributed by atoms with Crippen LogP contribution in [0.1, 0.15) is 29.6 Å². The molecule has 0 unspecified atom stereocenters. The maximum Gasteiger partial charge on any atom is 0.339 e. The lowest BCUT2D eigenvalue weighted by Crippen LogP contribution is -2.33. The van der Waals surface area contributed by atoms with Crippen LogP contribution in [0.3, 0.4) is 0 Å². The van der Waals surface area contributed by atoms with Crippen LogP contribution in [0.25, 0.3) is 21.2 Å². The number of piperidine rings is 1. The summed E-state index contributed by atoms with van der Waals surface area (Å²) < 4.78 is 6.59. The Hall–Kier alpha value is -2.17. The standard InChI is InChI=1S/C22H23NO2S/c24-22(25-15-14-23-12-5-2-6-13-23)19-11-7-10-18-20(16-26-21(18)19)17-8-3-1-4-9-17/h1,3-4,7-11,16H,2,5-6,12-15H2. The van der Waals surface area contributed by atoms with Crippen molar-refractivity contribution in [2.45, 2.75) is 19.3 Å². The van der Waals surface area contributed by atoms with E-state index in [4.69, 9.17) is 4.74 Å². The minimum atomic E-state index is -0.214. The van der Waals surface area contributed by atoms with Crippen LogP contribution in [0.5, 0.6) is 0 Å². The van der Waals surface area contributed by atoms with E-state index in [2.05, 4.69) is 28.5 Å². The minimum Gasteiger partial charge on any atom is -0.461 e. The fourth-order valence-electron chi connectivity index (χ4n) is 3.59. The number of carbonyl (C=O) groups excluding carboxylic acids is 1. The van der Waals surface area contributed by atoms with Gasteiger partial charge in [0.15, 0.2) is 0 Å². The van der Waals surface area contributed by atoms with E-state index >= 15 is 0 Å². The number of thiophene rings is 1. The summed E-state index contributed by atoms with van der Waals surface area (Å²) in [4.78, 5) is 15.0. The SMILES string of the molecule is O=C(OCCN1CCCCC1)c1cccc2c(-c3ccccc3)csc12. The van der Waals surface area contributed by atoms with Crippen LogP contribution in [-0.4, -0.2) is 37.1 Å². The van der Waals surface area contributed by atoms with Gasteiger partial charge in [0.05, 0.1) is 5.56 Å². The Morgan fingerprint density at radius 2 is 1.81 bits per heavy atom. The number of hydrogen-bond acceptors (Lipinski definition) is 4. The van der Waals surface area contributed by atoms with Gasteiger partial charge in [0, 0.05) is 22.2 Å². The van der Waals surface area contributed by atoms with Gasteiger partial charge in [0.2, 0.25) is 0 Å². The zero-order chi connectivity index (χ0) is 17.8. The van der Waals surface area contributed by atoms with Crippen LogP contribution in [0.2, 0.25) is 0 Å². The van der Waals surface area contributed by atoms with Gasteiger partial charge >= 0.3 is 5.97 Å². The van der Waals surface area contributed by atoms with E-state index in [-0.39, 0.29) is 5.97 Å². The molecular weight excluding hydrogens is 342 g/mol. The Labute approximate surface area is 158 Å². The Balaban J connectivity index is 1.49.